The summed E-state index contributed by atoms with van der Waals surface area (Å²) in [4.78, 5) is 10.3. The van der Waals surface area contributed by atoms with E-state index in [4.69, 9.17) is 9.57 Å². The van der Waals surface area contributed by atoms with Gasteiger partial charge in [0, 0.05) is 44.8 Å². The molecule has 2 aromatic carbocycles. The highest BCUT2D eigenvalue weighted by Gasteiger charge is 2.18. The number of nitrogens with zero attached hydrogens (tertiary/aromatic N) is 3. The van der Waals surface area contributed by atoms with Crippen LogP contribution in [0.3, 0.4) is 0 Å². The van der Waals surface area contributed by atoms with Crippen LogP contribution < -0.4 is 9.64 Å². The first kappa shape index (κ1) is 19.2. The van der Waals surface area contributed by atoms with Crippen molar-refractivity contribution in [2.75, 3.05) is 51.3 Å². The number of benzene rings is 2. The van der Waals surface area contributed by atoms with E-state index in [9.17, 15) is 0 Å². The van der Waals surface area contributed by atoms with E-state index in [1.807, 2.05) is 37.3 Å². The second-order valence-corrected chi connectivity index (χ2v) is 6.60. The SMILES string of the molecule is CCON=C(CCN1CCN(c2ccc(OC)cc2)CC1)c1ccccc1. The summed E-state index contributed by atoms with van der Waals surface area (Å²) in [6.45, 7) is 7.75. The molecule has 0 spiro atoms. The van der Waals surface area contributed by atoms with Gasteiger partial charge >= 0.3 is 0 Å². The first-order valence-corrected chi connectivity index (χ1v) is 9.65. The average Bonchev–Trinajstić information content (AvgIpc) is 2.75. The average molecular weight is 367 g/mol. The van der Waals surface area contributed by atoms with Crippen LogP contribution in [-0.4, -0.2) is 57.1 Å². The molecule has 0 saturated carbocycles. The minimum atomic E-state index is 0.594. The summed E-state index contributed by atoms with van der Waals surface area (Å²) < 4.78 is 5.24. The summed E-state index contributed by atoms with van der Waals surface area (Å²) in [5, 5.41) is 4.34. The van der Waals surface area contributed by atoms with Gasteiger partial charge in [-0.2, -0.15) is 0 Å². The van der Waals surface area contributed by atoms with E-state index in [-0.39, 0.29) is 0 Å². The third-order valence-electron chi connectivity index (χ3n) is 4.89. The molecule has 0 unspecified atom stereocenters. The first-order chi connectivity index (χ1) is 13.3. The summed E-state index contributed by atoms with van der Waals surface area (Å²) in [5.41, 5.74) is 3.43. The molecule has 0 atom stereocenters. The lowest BCUT2D eigenvalue weighted by Gasteiger charge is -2.36. The number of methoxy groups -OCH3 is 1. The first-order valence-electron chi connectivity index (χ1n) is 9.65. The molecule has 1 saturated heterocycles. The highest BCUT2D eigenvalue weighted by atomic mass is 16.6. The number of anilines is 1. The summed E-state index contributed by atoms with van der Waals surface area (Å²) in [7, 11) is 1.70. The van der Waals surface area contributed by atoms with Gasteiger partial charge in [0.15, 0.2) is 0 Å². The minimum absolute atomic E-state index is 0.594. The quantitative estimate of drug-likeness (QED) is 0.527. The Morgan fingerprint density at radius 1 is 0.963 bits per heavy atom. The maximum atomic E-state index is 5.33. The molecule has 1 aliphatic heterocycles. The standard InChI is InChI=1S/C22H29N3O2/c1-3-27-23-22(19-7-5-4-6-8-19)13-14-24-15-17-25(18-16-24)20-9-11-21(26-2)12-10-20/h4-12H,3,13-18H2,1-2H3. The second-order valence-electron chi connectivity index (χ2n) is 6.60. The van der Waals surface area contributed by atoms with E-state index in [2.05, 4.69) is 39.2 Å². The van der Waals surface area contributed by atoms with Gasteiger partial charge in [0.2, 0.25) is 0 Å². The summed E-state index contributed by atoms with van der Waals surface area (Å²) in [6.07, 6.45) is 0.895. The van der Waals surface area contributed by atoms with Crippen molar-refractivity contribution in [3.63, 3.8) is 0 Å². The van der Waals surface area contributed by atoms with Crippen LogP contribution in [0.25, 0.3) is 0 Å². The summed E-state index contributed by atoms with van der Waals surface area (Å²) in [6, 6.07) is 18.6. The normalized spacial score (nSPS) is 15.6. The molecule has 5 nitrogen and oxygen atoms in total. The van der Waals surface area contributed by atoms with Gasteiger partial charge in [0.25, 0.3) is 0 Å². The molecule has 0 aliphatic carbocycles. The van der Waals surface area contributed by atoms with Crippen molar-refractivity contribution in [3.8, 4) is 5.75 Å². The number of piperazine rings is 1. The van der Waals surface area contributed by atoms with Gasteiger partial charge in [-0.25, -0.2) is 0 Å². The Hall–Kier alpha value is -2.53. The third kappa shape index (κ3) is 5.47. The van der Waals surface area contributed by atoms with Crippen molar-refractivity contribution in [1.29, 1.82) is 0 Å². The summed E-state index contributed by atoms with van der Waals surface area (Å²) >= 11 is 0. The molecule has 1 fully saturated rings. The van der Waals surface area contributed by atoms with Crippen LogP contribution in [0.15, 0.2) is 59.8 Å². The lowest BCUT2D eigenvalue weighted by Crippen LogP contribution is -2.46. The van der Waals surface area contributed by atoms with Crippen LogP contribution in [0.2, 0.25) is 0 Å². The van der Waals surface area contributed by atoms with Gasteiger partial charge in [0.05, 0.1) is 12.8 Å². The molecule has 3 rings (SSSR count). The molecule has 1 heterocycles. The minimum Gasteiger partial charge on any atom is -0.497 e. The monoisotopic (exact) mass is 367 g/mol. The smallest absolute Gasteiger partial charge is 0.119 e. The number of ether oxygens (including phenoxy) is 1. The van der Waals surface area contributed by atoms with Gasteiger partial charge in [-0.15, -0.1) is 0 Å². The Morgan fingerprint density at radius 3 is 2.30 bits per heavy atom. The van der Waals surface area contributed by atoms with Crippen molar-refractivity contribution < 1.29 is 9.57 Å². The predicted octanol–water partition coefficient (Wildman–Crippen LogP) is 3.65. The molecular formula is C22H29N3O2. The summed E-state index contributed by atoms with van der Waals surface area (Å²) in [5.74, 6) is 0.902. The molecule has 0 amide bonds. The van der Waals surface area contributed by atoms with Crippen LogP contribution >= 0.6 is 0 Å². The lowest BCUT2D eigenvalue weighted by molar-refractivity contribution is 0.157. The zero-order valence-corrected chi connectivity index (χ0v) is 16.3. The molecule has 2 aromatic rings. The predicted molar refractivity (Wildman–Crippen MR) is 111 cm³/mol. The molecule has 0 N–H and O–H groups in total. The van der Waals surface area contributed by atoms with Crippen molar-refractivity contribution in [3.05, 3.63) is 60.2 Å². The van der Waals surface area contributed by atoms with Crippen molar-refractivity contribution >= 4 is 11.4 Å². The van der Waals surface area contributed by atoms with E-state index >= 15 is 0 Å². The molecule has 144 valence electrons. The van der Waals surface area contributed by atoms with Crippen molar-refractivity contribution in [1.82, 2.24) is 4.90 Å². The number of rotatable bonds is 8. The Bertz CT molecular complexity index is 708. The maximum Gasteiger partial charge on any atom is 0.119 e. The van der Waals surface area contributed by atoms with Gasteiger partial charge in [-0.05, 0) is 36.8 Å². The Morgan fingerprint density at radius 2 is 1.67 bits per heavy atom. The van der Waals surface area contributed by atoms with Gasteiger partial charge in [0.1, 0.15) is 12.4 Å². The highest BCUT2D eigenvalue weighted by molar-refractivity contribution is 6.00. The Kier molecular flexibility index (Phi) is 7.11. The van der Waals surface area contributed by atoms with E-state index in [0.717, 1.165) is 56.2 Å². The number of hydrogen-bond donors (Lipinski definition) is 0. The van der Waals surface area contributed by atoms with E-state index in [1.54, 1.807) is 7.11 Å². The number of oxime groups is 1. The molecule has 27 heavy (non-hydrogen) atoms. The topological polar surface area (TPSA) is 37.3 Å². The van der Waals surface area contributed by atoms with Gasteiger partial charge in [-0.3, -0.25) is 4.90 Å². The highest BCUT2D eigenvalue weighted by Crippen LogP contribution is 2.20. The number of hydrogen-bond acceptors (Lipinski definition) is 5. The molecule has 0 radical (unpaired) electrons. The molecule has 5 heteroatoms. The zero-order chi connectivity index (χ0) is 18.9. The van der Waals surface area contributed by atoms with E-state index in [1.165, 1.54) is 5.69 Å². The Balaban J connectivity index is 1.51. The second kappa shape index (κ2) is 9.97. The zero-order valence-electron chi connectivity index (χ0n) is 16.3. The van der Waals surface area contributed by atoms with Crippen LogP contribution in [0.5, 0.6) is 5.75 Å². The Labute approximate surface area is 162 Å². The lowest BCUT2D eigenvalue weighted by atomic mass is 10.1. The molecular weight excluding hydrogens is 338 g/mol. The fourth-order valence-corrected chi connectivity index (χ4v) is 3.30. The fourth-order valence-electron chi connectivity index (χ4n) is 3.30. The van der Waals surface area contributed by atoms with Crippen LogP contribution in [0.1, 0.15) is 18.9 Å². The molecule has 0 bridgehead atoms. The van der Waals surface area contributed by atoms with Crippen molar-refractivity contribution in [2.45, 2.75) is 13.3 Å². The maximum absolute atomic E-state index is 5.33. The van der Waals surface area contributed by atoms with Crippen LogP contribution in [-0.2, 0) is 4.84 Å². The van der Waals surface area contributed by atoms with E-state index < -0.39 is 0 Å². The van der Waals surface area contributed by atoms with Crippen molar-refractivity contribution in [2.24, 2.45) is 5.16 Å². The largest absolute Gasteiger partial charge is 0.497 e. The third-order valence-corrected chi connectivity index (χ3v) is 4.89. The fraction of sp³-hybridized carbons (Fsp3) is 0.409. The van der Waals surface area contributed by atoms with Gasteiger partial charge in [-0.1, -0.05) is 35.5 Å². The van der Waals surface area contributed by atoms with E-state index in [0.29, 0.717) is 6.61 Å². The van der Waals surface area contributed by atoms with Crippen LogP contribution in [0.4, 0.5) is 5.69 Å². The molecule has 0 aromatic heterocycles. The molecule has 1 aliphatic rings. The van der Waals surface area contributed by atoms with Gasteiger partial charge < -0.3 is 14.5 Å². The van der Waals surface area contributed by atoms with Crippen LogP contribution in [0, 0.1) is 0 Å².